The van der Waals surface area contributed by atoms with Crippen LogP contribution in [0.2, 0.25) is 0 Å². The van der Waals surface area contributed by atoms with E-state index in [1.54, 1.807) is 13.3 Å². The Balaban J connectivity index is 1.73. The monoisotopic (exact) mass is 235 g/mol. The normalized spacial score (nSPS) is 14.4. The third-order valence-electron chi connectivity index (χ3n) is 2.63. The highest BCUT2D eigenvalue weighted by Crippen LogP contribution is 2.17. The van der Waals surface area contributed by atoms with Crippen molar-refractivity contribution in [2.45, 2.75) is 25.4 Å². The van der Waals surface area contributed by atoms with E-state index in [0.29, 0.717) is 25.0 Å². The van der Waals surface area contributed by atoms with E-state index in [9.17, 15) is 4.79 Å². The number of rotatable bonds is 6. The van der Waals surface area contributed by atoms with Gasteiger partial charge < -0.3 is 15.4 Å². The third-order valence-corrected chi connectivity index (χ3v) is 2.63. The lowest BCUT2D eigenvalue weighted by Crippen LogP contribution is -2.34. The molecule has 1 fully saturated rings. The van der Waals surface area contributed by atoms with E-state index in [-0.39, 0.29) is 5.91 Å². The van der Waals surface area contributed by atoms with Crippen LogP contribution >= 0.6 is 0 Å². The largest absolute Gasteiger partial charge is 0.481 e. The second kappa shape index (κ2) is 5.63. The predicted octanol–water partition coefficient (Wildman–Crippen LogP) is 0.458. The molecule has 2 rings (SSSR count). The molecule has 5 nitrogen and oxygen atoms in total. The summed E-state index contributed by atoms with van der Waals surface area (Å²) in [6, 6.07) is 4.23. The molecular weight excluding hydrogens is 218 g/mol. The van der Waals surface area contributed by atoms with E-state index >= 15 is 0 Å². The molecule has 0 radical (unpaired) electrons. The van der Waals surface area contributed by atoms with Gasteiger partial charge in [-0.3, -0.25) is 4.79 Å². The van der Waals surface area contributed by atoms with Crippen molar-refractivity contribution in [3.8, 4) is 5.88 Å². The second-order valence-electron chi connectivity index (χ2n) is 4.14. The van der Waals surface area contributed by atoms with E-state index in [1.807, 2.05) is 12.1 Å². The topological polar surface area (TPSA) is 63.2 Å². The van der Waals surface area contributed by atoms with Crippen LogP contribution in [0.1, 0.15) is 18.4 Å². The number of nitrogens with zero attached hydrogens (tertiary/aromatic N) is 1. The maximum Gasteiger partial charge on any atom is 0.234 e. The van der Waals surface area contributed by atoms with E-state index in [4.69, 9.17) is 4.74 Å². The van der Waals surface area contributed by atoms with E-state index in [1.165, 1.54) is 12.8 Å². The lowest BCUT2D eigenvalue weighted by Gasteiger charge is -2.06. The number of carbonyl (C=O) groups is 1. The van der Waals surface area contributed by atoms with Crippen molar-refractivity contribution in [1.29, 1.82) is 0 Å². The van der Waals surface area contributed by atoms with Crippen molar-refractivity contribution in [2.24, 2.45) is 0 Å². The quantitative estimate of drug-likeness (QED) is 0.752. The van der Waals surface area contributed by atoms with Gasteiger partial charge in [-0.15, -0.1) is 0 Å². The zero-order valence-corrected chi connectivity index (χ0v) is 9.90. The molecule has 1 aromatic heterocycles. The van der Waals surface area contributed by atoms with Crippen molar-refractivity contribution in [2.75, 3.05) is 13.7 Å². The second-order valence-corrected chi connectivity index (χ2v) is 4.14. The fraction of sp³-hybridized carbons (Fsp3) is 0.500. The molecule has 0 atom stereocenters. The van der Waals surface area contributed by atoms with Crippen LogP contribution in [0.25, 0.3) is 0 Å². The molecule has 1 saturated carbocycles. The van der Waals surface area contributed by atoms with Crippen LogP contribution < -0.4 is 15.4 Å². The fourth-order valence-electron chi connectivity index (χ4n) is 1.46. The Bertz CT molecular complexity index is 391. The summed E-state index contributed by atoms with van der Waals surface area (Å²) >= 11 is 0. The smallest absolute Gasteiger partial charge is 0.234 e. The minimum atomic E-state index is 0.0210. The molecular formula is C12H17N3O2. The summed E-state index contributed by atoms with van der Waals surface area (Å²) in [7, 11) is 1.57. The van der Waals surface area contributed by atoms with Crippen LogP contribution in [0.15, 0.2) is 18.3 Å². The van der Waals surface area contributed by atoms with Crippen molar-refractivity contribution >= 4 is 5.91 Å². The zero-order chi connectivity index (χ0) is 12.1. The summed E-state index contributed by atoms with van der Waals surface area (Å²) in [6.45, 7) is 0.900. The number of carbonyl (C=O) groups excluding carboxylic acids is 1. The number of aromatic nitrogens is 1. The van der Waals surface area contributed by atoms with Gasteiger partial charge >= 0.3 is 0 Å². The van der Waals surface area contributed by atoms with Gasteiger partial charge in [0, 0.05) is 24.8 Å². The number of hydrogen-bond acceptors (Lipinski definition) is 4. The molecule has 0 spiro atoms. The standard InChI is InChI=1S/C12H17N3O2/c1-17-12-6-9(4-5-13-12)7-15-11(16)8-14-10-2-3-10/h4-6,10,14H,2-3,7-8H2,1H3,(H,15,16). The summed E-state index contributed by atoms with van der Waals surface area (Å²) in [4.78, 5) is 15.5. The summed E-state index contributed by atoms with van der Waals surface area (Å²) in [5, 5.41) is 6.01. The maximum absolute atomic E-state index is 11.5. The highest BCUT2D eigenvalue weighted by atomic mass is 16.5. The average molecular weight is 235 g/mol. The Labute approximate surface area is 101 Å². The van der Waals surface area contributed by atoms with Crippen molar-refractivity contribution in [1.82, 2.24) is 15.6 Å². The van der Waals surface area contributed by atoms with Gasteiger partial charge in [0.1, 0.15) is 0 Å². The molecule has 1 heterocycles. The molecule has 0 bridgehead atoms. The minimum Gasteiger partial charge on any atom is -0.481 e. The van der Waals surface area contributed by atoms with Crippen LogP contribution in [0.5, 0.6) is 5.88 Å². The van der Waals surface area contributed by atoms with Gasteiger partial charge in [0.05, 0.1) is 13.7 Å². The Hall–Kier alpha value is -1.62. The Morgan fingerprint density at radius 1 is 1.59 bits per heavy atom. The molecule has 1 aliphatic rings. The highest BCUT2D eigenvalue weighted by molar-refractivity contribution is 5.78. The summed E-state index contributed by atoms with van der Waals surface area (Å²) in [6.07, 6.45) is 4.05. The Morgan fingerprint density at radius 2 is 2.41 bits per heavy atom. The minimum absolute atomic E-state index is 0.0210. The molecule has 2 N–H and O–H groups in total. The van der Waals surface area contributed by atoms with Crippen molar-refractivity contribution in [3.63, 3.8) is 0 Å². The molecule has 5 heteroatoms. The molecule has 0 aromatic carbocycles. The summed E-state index contributed by atoms with van der Waals surface area (Å²) in [5.74, 6) is 0.584. The average Bonchev–Trinajstić information content (AvgIpc) is 3.18. The van der Waals surface area contributed by atoms with Crippen molar-refractivity contribution in [3.05, 3.63) is 23.9 Å². The first kappa shape index (κ1) is 11.9. The number of hydrogen-bond donors (Lipinski definition) is 2. The molecule has 0 unspecified atom stereocenters. The van der Waals surface area contributed by atoms with Gasteiger partial charge in [-0.05, 0) is 24.5 Å². The van der Waals surface area contributed by atoms with Gasteiger partial charge in [0.15, 0.2) is 0 Å². The number of ether oxygens (including phenoxy) is 1. The number of pyridine rings is 1. The van der Waals surface area contributed by atoms with Gasteiger partial charge in [-0.1, -0.05) is 0 Å². The molecule has 1 amide bonds. The van der Waals surface area contributed by atoms with Crippen LogP contribution in [0.3, 0.4) is 0 Å². The third kappa shape index (κ3) is 4.03. The lowest BCUT2D eigenvalue weighted by atomic mass is 10.2. The van der Waals surface area contributed by atoms with Crippen LogP contribution in [-0.4, -0.2) is 30.6 Å². The molecule has 92 valence electrons. The summed E-state index contributed by atoms with van der Waals surface area (Å²) < 4.78 is 5.01. The Kier molecular flexibility index (Phi) is 3.93. The van der Waals surface area contributed by atoms with Crippen LogP contribution in [-0.2, 0) is 11.3 Å². The molecule has 17 heavy (non-hydrogen) atoms. The van der Waals surface area contributed by atoms with Crippen LogP contribution in [0, 0.1) is 0 Å². The fourth-order valence-corrected chi connectivity index (χ4v) is 1.46. The molecule has 0 saturated heterocycles. The summed E-state index contributed by atoms with van der Waals surface area (Å²) in [5.41, 5.74) is 0.983. The van der Waals surface area contributed by atoms with Gasteiger partial charge in [0.25, 0.3) is 0 Å². The number of amides is 1. The molecule has 0 aliphatic heterocycles. The van der Waals surface area contributed by atoms with Crippen molar-refractivity contribution < 1.29 is 9.53 Å². The molecule has 1 aromatic rings. The number of nitrogens with one attached hydrogen (secondary N) is 2. The first-order valence-electron chi connectivity index (χ1n) is 5.77. The predicted molar refractivity (Wildman–Crippen MR) is 63.7 cm³/mol. The maximum atomic E-state index is 11.5. The lowest BCUT2D eigenvalue weighted by molar-refractivity contribution is -0.120. The van der Waals surface area contributed by atoms with Gasteiger partial charge in [-0.2, -0.15) is 0 Å². The number of methoxy groups -OCH3 is 1. The first-order chi connectivity index (χ1) is 8.28. The van der Waals surface area contributed by atoms with Gasteiger partial charge in [-0.25, -0.2) is 4.98 Å². The zero-order valence-electron chi connectivity index (χ0n) is 9.90. The first-order valence-corrected chi connectivity index (χ1v) is 5.77. The highest BCUT2D eigenvalue weighted by Gasteiger charge is 2.20. The van der Waals surface area contributed by atoms with Crippen LogP contribution in [0.4, 0.5) is 0 Å². The SMILES string of the molecule is COc1cc(CNC(=O)CNC2CC2)ccn1. The molecule has 1 aliphatic carbocycles. The van der Waals surface area contributed by atoms with E-state index in [0.717, 1.165) is 5.56 Å². The van der Waals surface area contributed by atoms with Gasteiger partial charge in [0.2, 0.25) is 11.8 Å². The Morgan fingerprint density at radius 3 is 3.12 bits per heavy atom. The van der Waals surface area contributed by atoms with E-state index in [2.05, 4.69) is 15.6 Å². The van der Waals surface area contributed by atoms with E-state index < -0.39 is 0 Å².